The summed E-state index contributed by atoms with van der Waals surface area (Å²) in [6, 6.07) is 11.4. The maximum absolute atomic E-state index is 12.8. The Balaban J connectivity index is 1.84. The van der Waals surface area contributed by atoms with Gasteiger partial charge in [-0.05, 0) is 40.6 Å². The molecule has 3 aromatic rings. The highest BCUT2D eigenvalue weighted by Crippen LogP contribution is 2.28. The predicted octanol–water partition coefficient (Wildman–Crippen LogP) is 3.98. The molecule has 2 heterocycles. The van der Waals surface area contributed by atoms with Gasteiger partial charge in [0.05, 0.1) is 12.8 Å². The third-order valence-electron chi connectivity index (χ3n) is 3.78. The van der Waals surface area contributed by atoms with Crippen LogP contribution in [0.25, 0.3) is 11.3 Å². The summed E-state index contributed by atoms with van der Waals surface area (Å²) in [5.74, 6) is 0.606. The fraction of sp³-hybridized carbons (Fsp3) is 0.158. The summed E-state index contributed by atoms with van der Waals surface area (Å²) in [5.41, 5.74) is 3.06. The Hall–Kier alpha value is -2.86. The number of para-hydroxylation sites is 1. The van der Waals surface area contributed by atoms with E-state index in [-0.39, 0.29) is 5.91 Å². The third-order valence-corrected chi connectivity index (χ3v) is 4.51. The van der Waals surface area contributed by atoms with Gasteiger partial charge >= 0.3 is 0 Å². The summed E-state index contributed by atoms with van der Waals surface area (Å²) in [5, 5.41) is 11.2. The number of hydrogen-bond donors (Lipinski definition) is 1. The van der Waals surface area contributed by atoms with Crippen LogP contribution in [0.4, 0.5) is 0 Å². The van der Waals surface area contributed by atoms with Gasteiger partial charge in [-0.2, -0.15) is 16.4 Å². The van der Waals surface area contributed by atoms with Crippen molar-refractivity contribution in [3.63, 3.8) is 0 Å². The average Bonchev–Trinajstić information content (AvgIpc) is 3.32. The molecule has 0 spiro atoms. The van der Waals surface area contributed by atoms with Crippen LogP contribution in [0.1, 0.15) is 16.1 Å². The molecule has 128 valence electrons. The van der Waals surface area contributed by atoms with Crippen LogP contribution in [0, 0.1) is 0 Å². The minimum absolute atomic E-state index is 0.111. The molecule has 0 fully saturated rings. The normalized spacial score (nSPS) is 10.4. The van der Waals surface area contributed by atoms with E-state index in [1.807, 2.05) is 41.1 Å². The largest absolute Gasteiger partial charge is 0.496 e. The van der Waals surface area contributed by atoms with Crippen LogP contribution in [-0.4, -0.2) is 34.7 Å². The highest BCUT2D eigenvalue weighted by molar-refractivity contribution is 7.07. The van der Waals surface area contributed by atoms with E-state index in [9.17, 15) is 4.79 Å². The molecule has 0 bridgehead atoms. The number of ether oxygens (including phenoxy) is 1. The Bertz CT molecular complexity index is 855. The molecule has 2 aromatic heterocycles. The Kier molecular flexibility index (Phi) is 5.30. The fourth-order valence-corrected chi connectivity index (χ4v) is 3.23. The molecule has 6 heteroatoms. The molecule has 0 radical (unpaired) electrons. The zero-order valence-corrected chi connectivity index (χ0v) is 14.8. The number of carbonyl (C=O) groups is 1. The Morgan fingerprint density at radius 3 is 2.96 bits per heavy atom. The van der Waals surface area contributed by atoms with E-state index in [2.05, 4.69) is 16.8 Å². The molecule has 0 atom stereocenters. The van der Waals surface area contributed by atoms with Gasteiger partial charge in [0.1, 0.15) is 11.4 Å². The smallest absolute Gasteiger partial charge is 0.272 e. The fourth-order valence-electron chi connectivity index (χ4n) is 2.57. The molecule has 0 aliphatic rings. The number of nitrogens with zero attached hydrogens (tertiary/aromatic N) is 2. The van der Waals surface area contributed by atoms with E-state index < -0.39 is 0 Å². The Morgan fingerprint density at radius 2 is 2.24 bits per heavy atom. The van der Waals surface area contributed by atoms with E-state index in [0.29, 0.717) is 30.2 Å². The van der Waals surface area contributed by atoms with Crippen molar-refractivity contribution in [3.8, 4) is 17.0 Å². The maximum Gasteiger partial charge on any atom is 0.272 e. The lowest BCUT2D eigenvalue weighted by molar-refractivity contribution is 0.0757. The lowest BCUT2D eigenvalue weighted by Gasteiger charge is -2.19. The molecule has 0 saturated carbocycles. The number of carbonyl (C=O) groups excluding carboxylic acids is 1. The van der Waals surface area contributed by atoms with E-state index in [1.54, 1.807) is 35.5 Å². The van der Waals surface area contributed by atoms with Crippen molar-refractivity contribution in [3.05, 3.63) is 71.1 Å². The average molecular weight is 353 g/mol. The minimum Gasteiger partial charge on any atom is -0.496 e. The number of rotatable bonds is 7. The van der Waals surface area contributed by atoms with Gasteiger partial charge in [-0.25, -0.2) is 0 Å². The Morgan fingerprint density at radius 1 is 1.40 bits per heavy atom. The van der Waals surface area contributed by atoms with Crippen molar-refractivity contribution in [2.45, 2.75) is 6.54 Å². The molecule has 0 unspecified atom stereocenters. The summed E-state index contributed by atoms with van der Waals surface area (Å²) in [7, 11) is 1.62. The van der Waals surface area contributed by atoms with Gasteiger partial charge in [0.2, 0.25) is 0 Å². The highest BCUT2D eigenvalue weighted by atomic mass is 32.1. The molecule has 1 N–H and O–H groups in total. The topological polar surface area (TPSA) is 58.2 Å². The summed E-state index contributed by atoms with van der Waals surface area (Å²) >= 11 is 1.61. The third kappa shape index (κ3) is 3.80. The number of methoxy groups -OCH3 is 1. The van der Waals surface area contributed by atoms with Crippen molar-refractivity contribution in [1.82, 2.24) is 15.1 Å². The van der Waals surface area contributed by atoms with Crippen molar-refractivity contribution < 1.29 is 9.53 Å². The molecule has 0 aliphatic carbocycles. The lowest BCUT2D eigenvalue weighted by Crippen LogP contribution is -2.30. The summed E-state index contributed by atoms with van der Waals surface area (Å²) in [6.45, 7) is 4.76. The van der Waals surface area contributed by atoms with Crippen LogP contribution in [0.15, 0.2) is 59.8 Å². The van der Waals surface area contributed by atoms with Crippen LogP contribution < -0.4 is 4.74 Å². The lowest BCUT2D eigenvalue weighted by atomic mass is 10.1. The second-order valence-corrected chi connectivity index (χ2v) is 6.25. The number of hydrogen-bond acceptors (Lipinski definition) is 4. The summed E-state index contributed by atoms with van der Waals surface area (Å²) < 4.78 is 5.36. The van der Waals surface area contributed by atoms with Gasteiger partial charge in [-0.1, -0.05) is 18.2 Å². The van der Waals surface area contributed by atoms with Gasteiger partial charge in [0.25, 0.3) is 5.91 Å². The summed E-state index contributed by atoms with van der Waals surface area (Å²) in [4.78, 5) is 14.6. The molecule has 3 rings (SSSR count). The minimum atomic E-state index is -0.111. The highest BCUT2D eigenvalue weighted by Gasteiger charge is 2.19. The van der Waals surface area contributed by atoms with Crippen LogP contribution in [0.3, 0.4) is 0 Å². The molecule has 1 aromatic carbocycles. The summed E-state index contributed by atoms with van der Waals surface area (Å²) in [6.07, 6.45) is 1.72. The first-order valence-electron chi connectivity index (χ1n) is 7.83. The molecule has 5 nitrogen and oxygen atoms in total. The van der Waals surface area contributed by atoms with Crippen molar-refractivity contribution >= 4 is 17.2 Å². The number of amides is 1. The molecular weight excluding hydrogens is 334 g/mol. The predicted molar refractivity (Wildman–Crippen MR) is 99.8 cm³/mol. The van der Waals surface area contributed by atoms with Crippen molar-refractivity contribution in [2.24, 2.45) is 0 Å². The van der Waals surface area contributed by atoms with Crippen LogP contribution in [-0.2, 0) is 6.54 Å². The quantitative estimate of drug-likeness (QED) is 0.654. The second kappa shape index (κ2) is 7.81. The standard InChI is InChI=1S/C19H19N3O2S/c1-3-9-22(12-14-8-10-25-13-14)19(23)17-11-16(20-21-17)15-6-4-5-7-18(15)24-2/h3-8,10-11,13H,1,9,12H2,2H3,(H,20,21). The van der Waals surface area contributed by atoms with Crippen LogP contribution in [0.5, 0.6) is 5.75 Å². The monoisotopic (exact) mass is 353 g/mol. The zero-order chi connectivity index (χ0) is 17.6. The van der Waals surface area contributed by atoms with Crippen molar-refractivity contribution in [1.29, 1.82) is 0 Å². The SMILES string of the molecule is C=CCN(Cc1ccsc1)C(=O)c1cc(-c2ccccc2OC)n[nH]1. The van der Waals surface area contributed by atoms with Gasteiger partial charge in [-0.3, -0.25) is 9.89 Å². The van der Waals surface area contributed by atoms with Crippen LogP contribution >= 0.6 is 11.3 Å². The van der Waals surface area contributed by atoms with Gasteiger partial charge in [0.15, 0.2) is 0 Å². The van der Waals surface area contributed by atoms with Gasteiger partial charge in [0, 0.05) is 18.7 Å². The second-order valence-electron chi connectivity index (χ2n) is 5.47. The number of thiophene rings is 1. The molecular formula is C19H19N3O2S. The first-order chi connectivity index (χ1) is 12.2. The van der Waals surface area contributed by atoms with Gasteiger partial charge < -0.3 is 9.64 Å². The molecule has 0 saturated heterocycles. The van der Waals surface area contributed by atoms with Gasteiger partial charge in [-0.15, -0.1) is 6.58 Å². The first kappa shape index (κ1) is 17.0. The van der Waals surface area contributed by atoms with E-state index in [4.69, 9.17) is 4.74 Å². The number of nitrogens with one attached hydrogen (secondary N) is 1. The maximum atomic E-state index is 12.8. The van der Waals surface area contributed by atoms with E-state index >= 15 is 0 Å². The van der Waals surface area contributed by atoms with Crippen LogP contribution in [0.2, 0.25) is 0 Å². The Labute approximate surface area is 150 Å². The zero-order valence-electron chi connectivity index (χ0n) is 13.9. The molecule has 25 heavy (non-hydrogen) atoms. The van der Waals surface area contributed by atoms with E-state index in [0.717, 1.165) is 11.1 Å². The number of aromatic nitrogens is 2. The number of H-pyrrole nitrogens is 1. The molecule has 0 aliphatic heterocycles. The first-order valence-corrected chi connectivity index (χ1v) is 8.77. The molecule has 1 amide bonds. The van der Waals surface area contributed by atoms with Crippen molar-refractivity contribution in [2.75, 3.05) is 13.7 Å². The number of benzene rings is 1. The van der Waals surface area contributed by atoms with E-state index in [1.165, 1.54) is 0 Å². The number of aromatic amines is 1.